The molecule has 1 saturated heterocycles. The summed E-state index contributed by atoms with van der Waals surface area (Å²) >= 11 is 0. The molecule has 3 unspecified atom stereocenters. The first-order valence-corrected chi connectivity index (χ1v) is 9.99. The third kappa shape index (κ3) is 5.20. The normalized spacial score (nSPS) is 30.5. The zero-order valence-corrected chi connectivity index (χ0v) is 14.3. The molecule has 0 amide bonds. The van der Waals surface area contributed by atoms with Crippen LogP contribution in [0.25, 0.3) is 0 Å². The maximum Gasteiger partial charge on any atom is 0.279 e. The first-order valence-electron chi connectivity index (χ1n) is 8.55. The largest absolute Gasteiger partial charge is 0.316 e. The van der Waals surface area contributed by atoms with Crippen LogP contribution in [-0.4, -0.2) is 44.9 Å². The van der Waals surface area contributed by atoms with Gasteiger partial charge in [-0.25, -0.2) is 0 Å². The van der Waals surface area contributed by atoms with Crippen LogP contribution in [0.5, 0.6) is 0 Å². The summed E-state index contributed by atoms with van der Waals surface area (Å²) < 4.78 is 29.5. The molecular formula is C15H31N3O2S. The molecule has 2 aliphatic rings. The molecule has 0 radical (unpaired) electrons. The smallest absolute Gasteiger partial charge is 0.279 e. The second-order valence-electron chi connectivity index (χ2n) is 6.58. The summed E-state index contributed by atoms with van der Waals surface area (Å²) in [6.45, 7) is 7.59. The number of nitrogens with one attached hydrogen (secondary N) is 2. The molecule has 0 spiro atoms. The van der Waals surface area contributed by atoms with Crippen molar-refractivity contribution in [3.05, 3.63) is 0 Å². The number of rotatable bonds is 9. The molecule has 1 aliphatic carbocycles. The Morgan fingerprint density at radius 3 is 2.76 bits per heavy atom. The van der Waals surface area contributed by atoms with E-state index in [1.807, 2.05) is 0 Å². The van der Waals surface area contributed by atoms with E-state index in [4.69, 9.17) is 0 Å². The molecule has 2 rings (SSSR count). The van der Waals surface area contributed by atoms with E-state index < -0.39 is 10.2 Å². The van der Waals surface area contributed by atoms with Crippen LogP contribution in [0.1, 0.15) is 52.4 Å². The van der Waals surface area contributed by atoms with Crippen molar-refractivity contribution in [2.45, 2.75) is 58.4 Å². The molecule has 3 atom stereocenters. The Bertz CT molecular complexity index is 413. The number of hydrogen-bond donors (Lipinski definition) is 2. The second-order valence-corrected chi connectivity index (χ2v) is 8.29. The van der Waals surface area contributed by atoms with Crippen LogP contribution in [0.4, 0.5) is 0 Å². The molecular weight excluding hydrogens is 286 g/mol. The van der Waals surface area contributed by atoms with Crippen molar-refractivity contribution in [2.75, 3.05) is 26.2 Å². The highest BCUT2D eigenvalue weighted by atomic mass is 32.2. The van der Waals surface area contributed by atoms with Crippen molar-refractivity contribution in [2.24, 2.45) is 11.8 Å². The summed E-state index contributed by atoms with van der Waals surface area (Å²) in [4.78, 5) is 0. The molecule has 0 bridgehead atoms. The summed E-state index contributed by atoms with van der Waals surface area (Å²) in [7, 11) is -3.28. The summed E-state index contributed by atoms with van der Waals surface area (Å²) in [5.74, 6) is 1.02. The van der Waals surface area contributed by atoms with E-state index in [9.17, 15) is 8.42 Å². The molecule has 1 aliphatic heterocycles. The van der Waals surface area contributed by atoms with E-state index in [2.05, 4.69) is 23.9 Å². The van der Waals surface area contributed by atoms with Crippen molar-refractivity contribution in [3.63, 3.8) is 0 Å². The standard InChI is InChI=1S/C15H31N3O2S/c1-3-6-14-10-15(14)17-21(19,20)18-9-5-7-13(12-18)11-16-8-4-2/h13-17H,3-12H2,1-2H3. The van der Waals surface area contributed by atoms with Crippen LogP contribution in [-0.2, 0) is 10.2 Å². The highest BCUT2D eigenvalue weighted by Crippen LogP contribution is 2.35. The van der Waals surface area contributed by atoms with Crippen LogP contribution >= 0.6 is 0 Å². The summed E-state index contributed by atoms with van der Waals surface area (Å²) in [6.07, 6.45) is 6.51. The molecule has 0 aromatic rings. The summed E-state index contributed by atoms with van der Waals surface area (Å²) in [5, 5.41) is 3.41. The van der Waals surface area contributed by atoms with Gasteiger partial charge in [-0.15, -0.1) is 0 Å². The van der Waals surface area contributed by atoms with Crippen molar-refractivity contribution in [3.8, 4) is 0 Å². The van der Waals surface area contributed by atoms with Gasteiger partial charge in [0.2, 0.25) is 0 Å². The fourth-order valence-corrected chi connectivity index (χ4v) is 4.84. The van der Waals surface area contributed by atoms with Crippen LogP contribution in [0, 0.1) is 11.8 Å². The third-order valence-corrected chi connectivity index (χ3v) is 6.18. The predicted molar refractivity (Wildman–Crippen MR) is 86.3 cm³/mol. The Morgan fingerprint density at radius 1 is 1.24 bits per heavy atom. The summed E-state index contributed by atoms with van der Waals surface area (Å²) in [6, 6.07) is 0.188. The van der Waals surface area contributed by atoms with E-state index in [1.165, 1.54) is 0 Å². The predicted octanol–water partition coefficient (Wildman–Crippen LogP) is 1.72. The van der Waals surface area contributed by atoms with Crippen LogP contribution in [0.2, 0.25) is 0 Å². The second kappa shape index (κ2) is 7.90. The Kier molecular flexibility index (Phi) is 6.47. The van der Waals surface area contributed by atoms with E-state index in [0.717, 1.165) is 51.6 Å². The van der Waals surface area contributed by atoms with Gasteiger partial charge in [-0.3, -0.25) is 0 Å². The third-order valence-electron chi connectivity index (χ3n) is 4.56. The Balaban J connectivity index is 1.79. The molecule has 1 heterocycles. The zero-order valence-electron chi connectivity index (χ0n) is 13.5. The lowest BCUT2D eigenvalue weighted by Crippen LogP contribution is -2.48. The minimum Gasteiger partial charge on any atom is -0.316 e. The average molecular weight is 317 g/mol. The monoisotopic (exact) mass is 317 g/mol. The maximum absolute atomic E-state index is 12.5. The molecule has 2 N–H and O–H groups in total. The first kappa shape index (κ1) is 17.2. The Labute approximate surface area is 130 Å². The van der Waals surface area contributed by atoms with Gasteiger partial charge in [-0.05, 0) is 57.0 Å². The van der Waals surface area contributed by atoms with Crippen molar-refractivity contribution in [1.29, 1.82) is 0 Å². The van der Waals surface area contributed by atoms with Gasteiger partial charge >= 0.3 is 0 Å². The maximum atomic E-state index is 12.5. The molecule has 2 fully saturated rings. The highest BCUT2D eigenvalue weighted by Gasteiger charge is 2.41. The van der Waals surface area contributed by atoms with Crippen LogP contribution in [0.15, 0.2) is 0 Å². The van der Waals surface area contributed by atoms with Crippen molar-refractivity contribution in [1.82, 2.24) is 14.3 Å². The number of nitrogens with zero attached hydrogens (tertiary/aromatic N) is 1. The minimum atomic E-state index is -3.28. The first-order chi connectivity index (χ1) is 10.1. The SMILES string of the molecule is CCCNCC1CCCN(S(=O)(=O)NC2CC2CCC)C1. The molecule has 124 valence electrons. The van der Waals surface area contributed by atoms with Crippen molar-refractivity contribution >= 4 is 10.2 Å². The molecule has 0 aromatic carbocycles. The van der Waals surface area contributed by atoms with E-state index >= 15 is 0 Å². The van der Waals surface area contributed by atoms with Gasteiger partial charge in [-0.2, -0.15) is 17.4 Å². The molecule has 6 heteroatoms. The van der Waals surface area contributed by atoms with Gasteiger partial charge in [0.25, 0.3) is 10.2 Å². The number of hydrogen-bond acceptors (Lipinski definition) is 3. The van der Waals surface area contributed by atoms with Gasteiger partial charge in [-0.1, -0.05) is 20.3 Å². The van der Waals surface area contributed by atoms with Crippen LogP contribution < -0.4 is 10.0 Å². The van der Waals surface area contributed by atoms with Crippen molar-refractivity contribution < 1.29 is 8.42 Å². The average Bonchev–Trinajstić information content (AvgIpc) is 3.17. The lowest BCUT2D eigenvalue weighted by Gasteiger charge is -2.32. The lowest BCUT2D eigenvalue weighted by molar-refractivity contribution is 0.257. The van der Waals surface area contributed by atoms with Crippen LogP contribution in [0.3, 0.4) is 0 Å². The minimum absolute atomic E-state index is 0.188. The van der Waals surface area contributed by atoms with E-state index in [0.29, 0.717) is 24.9 Å². The fraction of sp³-hybridized carbons (Fsp3) is 1.00. The molecule has 1 saturated carbocycles. The zero-order chi connectivity index (χ0) is 15.3. The fourth-order valence-electron chi connectivity index (χ4n) is 3.24. The Morgan fingerprint density at radius 2 is 2.05 bits per heavy atom. The highest BCUT2D eigenvalue weighted by molar-refractivity contribution is 7.87. The lowest BCUT2D eigenvalue weighted by atomic mass is 10.00. The number of piperidine rings is 1. The van der Waals surface area contributed by atoms with Gasteiger partial charge in [0.15, 0.2) is 0 Å². The van der Waals surface area contributed by atoms with Gasteiger partial charge in [0.1, 0.15) is 0 Å². The summed E-state index contributed by atoms with van der Waals surface area (Å²) in [5.41, 5.74) is 0. The van der Waals surface area contributed by atoms with E-state index in [-0.39, 0.29) is 6.04 Å². The Hall–Kier alpha value is -0.170. The van der Waals surface area contributed by atoms with Gasteiger partial charge in [0.05, 0.1) is 0 Å². The van der Waals surface area contributed by atoms with Gasteiger partial charge in [0, 0.05) is 19.1 Å². The molecule has 21 heavy (non-hydrogen) atoms. The quantitative estimate of drug-likeness (QED) is 0.637. The molecule has 0 aromatic heterocycles. The molecule has 5 nitrogen and oxygen atoms in total. The van der Waals surface area contributed by atoms with E-state index in [1.54, 1.807) is 4.31 Å². The van der Waals surface area contributed by atoms with Gasteiger partial charge < -0.3 is 5.32 Å². The topological polar surface area (TPSA) is 61.4 Å².